The summed E-state index contributed by atoms with van der Waals surface area (Å²) >= 11 is 20.2. The summed E-state index contributed by atoms with van der Waals surface area (Å²) < 4.78 is 0. The lowest BCUT2D eigenvalue weighted by molar-refractivity contribution is 0.575. The first-order chi connectivity index (χ1) is 10.1. The number of nitrogens with two attached hydrogens (primary N) is 1. The molecule has 2 nitrogen and oxygen atoms in total. The van der Waals surface area contributed by atoms with Gasteiger partial charge in [0.2, 0.25) is 0 Å². The molecule has 3 N–H and O–H groups in total. The second-order valence-corrected chi connectivity index (χ2v) is 6.79. The van der Waals surface area contributed by atoms with Crippen molar-refractivity contribution in [2.45, 2.75) is 17.4 Å². The van der Waals surface area contributed by atoms with Crippen LogP contribution in [0.3, 0.4) is 0 Å². The summed E-state index contributed by atoms with van der Waals surface area (Å²) in [4.78, 5) is 1.03. The standard InChI is InChI=1S/C15H15Cl3N2S/c16-12-5-3-6-13(17)11(12)8-10(20-19)9-21-15-7-2-1-4-14(15)18/h1-7,10,20H,8-9,19H2. The molecule has 0 aliphatic heterocycles. The maximum absolute atomic E-state index is 6.19. The molecular formula is C15H15Cl3N2S. The number of thioether (sulfide) groups is 1. The van der Waals surface area contributed by atoms with Crippen LogP contribution in [-0.4, -0.2) is 11.8 Å². The molecule has 0 radical (unpaired) electrons. The molecule has 0 aliphatic carbocycles. The highest BCUT2D eigenvalue weighted by Gasteiger charge is 2.14. The largest absolute Gasteiger partial charge is 0.271 e. The van der Waals surface area contributed by atoms with E-state index in [-0.39, 0.29) is 6.04 Å². The highest BCUT2D eigenvalue weighted by molar-refractivity contribution is 7.99. The van der Waals surface area contributed by atoms with Crippen molar-refractivity contribution in [3.05, 3.63) is 63.1 Å². The Hall–Kier alpha value is -0.420. The molecule has 0 aromatic heterocycles. The van der Waals surface area contributed by atoms with Crippen molar-refractivity contribution in [3.8, 4) is 0 Å². The normalized spacial score (nSPS) is 12.4. The Balaban J connectivity index is 2.02. The van der Waals surface area contributed by atoms with Crippen molar-refractivity contribution in [2.75, 3.05) is 5.75 Å². The van der Waals surface area contributed by atoms with Gasteiger partial charge in [0.15, 0.2) is 0 Å². The van der Waals surface area contributed by atoms with Gasteiger partial charge in [-0.25, -0.2) is 0 Å². The van der Waals surface area contributed by atoms with Gasteiger partial charge in [0.1, 0.15) is 0 Å². The van der Waals surface area contributed by atoms with Crippen LogP contribution in [0.5, 0.6) is 0 Å². The second-order valence-electron chi connectivity index (χ2n) is 4.51. The fourth-order valence-electron chi connectivity index (χ4n) is 1.89. The summed E-state index contributed by atoms with van der Waals surface area (Å²) in [5.41, 5.74) is 3.72. The summed E-state index contributed by atoms with van der Waals surface area (Å²) in [6.45, 7) is 0. The van der Waals surface area contributed by atoms with Crippen LogP contribution in [-0.2, 0) is 6.42 Å². The first-order valence-corrected chi connectivity index (χ1v) is 8.50. The van der Waals surface area contributed by atoms with Gasteiger partial charge in [-0.05, 0) is 36.2 Å². The molecule has 112 valence electrons. The summed E-state index contributed by atoms with van der Waals surface area (Å²) in [6, 6.07) is 13.3. The summed E-state index contributed by atoms with van der Waals surface area (Å²) in [7, 11) is 0. The lowest BCUT2D eigenvalue weighted by atomic mass is 10.1. The maximum atomic E-state index is 6.19. The van der Waals surface area contributed by atoms with Gasteiger partial charge in [-0.2, -0.15) is 0 Å². The van der Waals surface area contributed by atoms with E-state index in [0.29, 0.717) is 16.5 Å². The molecule has 2 aromatic rings. The van der Waals surface area contributed by atoms with E-state index >= 15 is 0 Å². The van der Waals surface area contributed by atoms with Gasteiger partial charge in [0.25, 0.3) is 0 Å². The Labute approximate surface area is 143 Å². The number of hydrogen-bond acceptors (Lipinski definition) is 3. The Kier molecular flexibility index (Phi) is 6.68. The summed E-state index contributed by atoms with van der Waals surface area (Å²) in [5.74, 6) is 6.41. The zero-order valence-corrected chi connectivity index (χ0v) is 14.2. The molecule has 2 aromatic carbocycles. The number of halogens is 3. The van der Waals surface area contributed by atoms with Gasteiger partial charge in [0.05, 0.1) is 5.02 Å². The van der Waals surface area contributed by atoms with E-state index in [9.17, 15) is 0 Å². The zero-order valence-electron chi connectivity index (χ0n) is 11.2. The quantitative estimate of drug-likeness (QED) is 0.440. The van der Waals surface area contributed by atoms with Crippen LogP contribution in [0.1, 0.15) is 5.56 Å². The number of nitrogens with one attached hydrogen (secondary N) is 1. The monoisotopic (exact) mass is 360 g/mol. The van der Waals surface area contributed by atoms with Crippen molar-refractivity contribution in [1.29, 1.82) is 0 Å². The molecule has 2 rings (SSSR count). The summed E-state index contributed by atoms with van der Waals surface area (Å²) in [6.07, 6.45) is 0.659. The Bertz CT molecular complexity index is 587. The lowest BCUT2D eigenvalue weighted by Crippen LogP contribution is -2.38. The fourth-order valence-corrected chi connectivity index (χ4v) is 3.72. The van der Waals surface area contributed by atoms with E-state index in [1.165, 1.54) is 0 Å². The van der Waals surface area contributed by atoms with Crippen LogP contribution in [0.4, 0.5) is 0 Å². The van der Waals surface area contributed by atoms with E-state index in [2.05, 4.69) is 5.43 Å². The molecule has 0 aliphatic rings. The second kappa shape index (κ2) is 8.28. The van der Waals surface area contributed by atoms with E-state index in [4.69, 9.17) is 40.6 Å². The van der Waals surface area contributed by atoms with Crippen molar-refractivity contribution >= 4 is 46.6 Å². The predicted molar refractivity (Wildman–Crippen MR) is 93.5 cm³/mol. The molecule has 0 amide bonds. The van der Waals surface area contributed by atoms with Crippen molar-refractivity contribution in [3.63, 3.8) is 0 Å². The smallest absolute Gasteiger partial charge is 0.0541 e. The first kappa shape index (κ1) is 16.9. The molecule has 6 heteroatoms. The minimum absolute atomic E-state index is 0.0451. The van der Waals surface area contributed by atoms with Crippen LogP contribution in [0.2, 0.25) is 15.1 Å². The summed E-state index contributed by atoms with van der Waals surface area (Å²) in [5, 5.41) is 2.06. The highest BCUT2D eigenvalue weighted by atomic mass is 35.5. The van der Waals surface area contributed by atoms with Gasteiger partial charge in [-0.1, -0.05) is 53.0 Å². The number of rotatable bonds is 6. The van der Waals surface area contributed by atoms with Gasteiger partial charge in [-0.3, -0.25) is 11.3 Å². The zero-order chi connectivity index (χ0) is 15.2. The van der Waals surface area contributed by atoms with E-state index < -0.39 is 0 Å². The Morgan fingerprint density at radius 1 is 0.952 bits per heavy atom. The molecule has 0 saturated heterocycles. The molecule has 0 heterocycles. The molecule has 1 unspecified atom stereocenters. The first-order valence-electron chi connectivity index (χ1n) is 6.38. The van der Waals surface area contributed by atoms with E-state index in [1.54, 1.807) is 11.8 Å². The number of benzene rings is 2. The molecule has 1 atom stereocenters. The SMILES string of the molecule is NNC(CSc1ccccc1Cl)Cc1c(Cl)cccc1Cl. The highest BCUT2D eigenvalue weighted by Crippen LogP contribution is 2.29. The third-order valence-corrected chi connectivity index (χ3v) is 5.41. The predicted octanol–water partition coefficient (Wildman–Crippen LogP) is 4.81. The van der Waals surface area contributed by atoms with Gasteiger partial charge < -0.3 is 0 Å². The number of hydrogen-bond donors (Lipinski definition) is 2. The minimum atomic E-state index is 0.0451. The molecule has 21 heavy (non-hydrogen) atoms. The van der Waals surface area contributed by atoms with E-state index in [0.717, 1.165) is 21.2 Å². The number of hydrazine groups is 1. The van der Waals surface area contributed by atoms with Crippen LogP contribution < -0.4 is 11.3 Å². The van der Waals surface area contributed by atoms with Crippen LogP contribution in [0, 0.1) is 0 Å². The van der Waals surface area contributed by atoms with Gasteiger partial charge in [-0.15, -0.1) is 11.8 Å². The third kappa shape index (κ3) is 4.78. The van der Waals surface area contributed by atoms with Crippen molar-refractivity contribution < 1.29 is 0 Å². The van der Waals surface area contributed by atoms with E-state index in [1.807, 2.05) is 42.5 Å². The minimum Gasteiger partial charge on any atom is -0.271 e. The van der Waals surface area contributed by atoms with Crippen LogP contribution >= 0.6 is 46.6 Å². The molecule has 0 fully saturated rings. The molecular weight excluding hydrogens is 347 g/mol. The molecule has 0 spiro atoms. The Morgan fingerprint density at radius 2 is 1.57 bits per heavy atom. The lowest BCUT2D eigenvalue weighted by Gasteiger charge is -2.17. The van der Waals surface area contributed by atoms with Gasteiger partial charge in [0, 0.05) is 26.7 Å². The van der Waals surface area contributed by atoms with Crippen molar-refractivity contribution in [2.24, 2.45) is 5.84 Å². The van der Waals surface area contributed by atoms with Crippen molar-refractivity contribution in [1.82, 2.24) is 5.43 Å². The Morgan fingerprint density at radius 3 is 2.19 bits per heavy atom. The topological polar surface area (TPSA) is 38.0 Å². The average molecular weight is 362 g/mol. The van der Waals surface area contributed by atoms with Crippen LogP contribution in [0.15, 0.2) is 47.4 Å². The van der Waals surface area contributed by atoms with Crippen LogP contribution in [0.25, 0.3) is 0 Å². The third-order valence-electron chi connectivity index (χ3n) is 3.02. The fraction of sp³-hybridized carbons (Fsp3) is 0.200. The maximum Gasteiger partial charge on any atom is 0.0541 e. The van der Waals surface area contributed by atoms with Gasteiger partial charge >= 0.3 is 0 Å². The molecule has 0 bridgehead atoms. The average Bonchev–Trinajstić information content (AvgIpc) is 2.48. The molecule has 0 saturated carbocycles.